The molecule has 0 bridgehead atoms. The van der Waals surface area contributed by atoms with Gasteiger partial charge in [-0.15, -0.1) is 11.8 Å². The molecule has 1 saturated heterocycles. The Morgan fingerprint density at radius 3 is 2.12 bits per heavy atom. The predicted molar refractivity (Wildman–Crippen MR) is 98.1 cm³/mol. The van der Waals surface area contributed by atoms with E-state index in [1.807, 2.05) is 67.3 Å². The summed E-state index contributed by atoms with van der Waals surface area (Å²) >= 11 is 1.61. The number of benzene rings is 2. The number of hydrogen-bond donors (Lipinski definition) is 0. The number of nitrogens with zero attached hydrogens (tertiary/aromatic N) is 1. The molecule has 3 nitrogen and oxygen atoms in total. The first-order valence-electron chi connectivity index (χ1n) is 8.34. The van der Waals surface area contributed by atoms with Crippen LogP contribution in [0.5, 0.6) is 0 Å². The lowest BCUT2D eigenvalue weighted by Crippen LogP contribution is -2.49. The molecule has 4 heteroatoms. The van der Waals surface area contributed by atoms with Crippen LogP contribution in [-0.2, 0) is 9.53 Å². The second kappa shape index (κ2) is 7.86. The molecule has 0 N–H and O–H groups in total. The Morgan fingerprint density at radius 2 is 1.54 bits per heavy atom. The zero-order valence-corrected chi connectivity index (χ0v) is 14.9. The standard InChI is InChI=1S/C20H23NO2S/c1-15-13-21(14-16(2)23-15)20(22)19(17-9-5-3-6-10-17)24-18-11-7-4-8-12-18/h3-12,15-16,19H,13-14H2,1-2H3/t15-,16-,19-/m1/s1. The zero-order chi connectivity index (χ0) is 16.9. The summed E-state index contributed by atoms with van der Waals surface area (Å²) in [6.07, 6.45) is 0.159. The maximum atomic E-state index is 13.2. The van der Waals surface area contributed by atoms with Crippen LogP contribution >= 0.6 is 11.8 Å². The quantitative estimate of drug-likeness (QED) is 0.782. The third-order valence-electron chi connectivity index (χ3n) is 4.06. The molecule has 3 atom stereocenters. The van der Waals surface area contributed by atoms with Crippen LogP contribution in [0.25, 0.3) is 0 Å². The maximum absolute atomic E-state index is 13.2. The van der Waals surface area contributed by atoms with Crippen LogP contribution in [0.15, 0.2) is 65.6 Å². The predicted octanol–water partition coefficient (Wildman–Crippen LogP) is 4.16. The minimum atomic E-state index is -0.230. The minimum absolute atomic E-state index is 0.0795. The second-order valence-corrected chi connectivity index (χ2v) is 7.40. The van der Waals surface area contributed by atoms with Crippen molar-refractivity contribution in [1.29, 1.82) is 0 Å². The van der Waals surface area contributed by atoms with Crippen molar-refractivity contribution >= 4 is 17.7 Å². The van der Waals surface area contributed by atoms with Crippen molar-refractivity contribution in [1.82, 2.24) is 4.90 Å². The molecule has 0 aromatic heterocycles. The fourth-order valence-corrected chi connectivity index (χ4v) is 4.18. The van der Waals surface area contributed by atoms with Gasteiger partial charge in [-0.1, -0.05) is 48.5 Å². The number of carbonyl (C=O) groups excluding carboxylic acids is 1. The van der Waals surface area contributed by atoms with E-state index in [1.165, 1.54) is 0 Å². The van der Waals surface area contributed by atoms with E-state index in [0.29, 0.717) is 13.1 Å². The smallest absolute Gasteiger partial charge is 0.240 e. The molecule has 0 saturated carbocycles. The molecule has 126 valence electrons. The Morgan fingerprint density at radius 1 is 1.00 bits per heavy atom. The molecule has 1 fully saturated rings. The lowest BCUT2D eigenvalue weighted by Gasteiger charge is -2.37. The van der Waals surface area contributed by atoms with Gasteiger partial charge in [0.15, 0.2) is 0 Å². The molecule has 0 aliphatic carbocycles. The molecule has 1 aliphatic heterocycles. The first-order chi connectivity index (χ1) is 11.6. The largest absolute Gasteiger partial charge is 0.372 e. The van der Waals surface area contributed by atoms with Crippen molar-refractivity contribution in [2.45, 2.75) is 36.2 Å². The SMILES string of the molecule is C[C@@H]1CN(C(=O)[C@H](Sc2ccccc2)c2ccccc2)C[C@@H](C)O1. The number of rotatable bonds is 4. The fraction of sp³-hybridized carbons (Fsp3) is 0.350. The normalized spacial score (nSPS) is 22.2. The molecule has 24 heavy (non-hydrogen) atoms. The van der Waals surface area contributed by atoms with Crippen LogP contribution in [0.1, 0.15) is 24.7 Å². The number of carbonyl (C=O) groups is 1. The van der Waals surface area contributed by atoms with Gasteiger partial charge in [-0.05, 0) is 31.5 Å². The van der Waals surface area contributed by atoms with Gasteiger partial charge in [-0.2, -0.15) is 0 Å². The number of amides is 1. The van der Waals surface area contributed by atoms with Gasteiger partial charge in [0.25, 0.3) is 0 Å². The summed E-state index contributed by atoms with van der Waals surface area (Å²) in [6.45, 7) is 5.36. The maximum Gasteiger partial charge on any atom is 0.240 e. The van der Waals surface area contributed by atoms with Gasteiger partial charge in [0.1, 0.15) is 5.25 Å². The number of hydrogen-bond acceptors (Lipinski definition) is 3. The highest BCUT2D eigenvalue weighted by Gasteiger charge is 2.32. The van der Waals surface area contributed by atoms with E-state index in [2.05, 4.69) is 12.1 Å². The van der Waals surface area contributed by atoms with Crippen LogP contribution in [0.4, 0.5) is 0 Å². The summed E-state index contributed by atoms with van der Waals surface area (Å²) in [5.41, 5.74) is 1.04. The third-order valence-corrected chi connectivity index (χ3v) is 5.31. The van der Waals surface area contributed by atoms with E-state index in [1.54, 1.807) is 11.8 Å². The van der Waals surface area contributed by atoms with E-state index in [4.69, 9.17) is 4.74 Å². The lowest BCUT2D eigenvalue weighted by atomic mass is 10.1. The van der Waals surface area contributed by atoms with E-state index < -0.39 is 0 Å². The summed E-state index contributed by atoms with van der Waals surface area (Å²) in [6, 6.07) is 20.2. The highest BCUT2D eigenvalue weighted by molar-refractivity contribution is 8.00. The molecule has 2 aromatic carbocycles. The van der Waals surface area contributed by atoms with Crippen molar-refractivity contribution in [3.63, 3.8) is 0 Å². The lowest BCUT2D eigenvalue weighted by molar-refractivity contribution is -0.142. The second-order valence-electron chi connectivity index (χ2n) is 6.22. The van der Waals surface area contributed by atoms with Gasteiger partial charge in [-0.25, -0.2) is 0 Å². The van der Waals surface area contributed by atoms with Crippen LogP contribution in [-0.4, -0.2) is 36.1 Å². The molecule has 1 heterocycles. The van der Waals surface area contributed by atoms with Gasteiger partial charge in [-0.3, -0.25) is 4.79 Å². The average molecular weight is 341 g/mol. The molecule has 1 amide bonds. The topological polar surface area (TPSA) is 29.5 Å². The fourth-order valence-electron chi connectivity index (χ4n) is 3.05. The van der Waals surface area contributed by atoms with Gasteiger partial charge in [0.2, 0.25) is 5.91 Å². The van der Waals surface area contributed by atoms with Crippen LogP contribution in [0.2, 0.25) is 0 Å². The molecular weight excluding hydrogens is 318 g/mol. The summed E-state index contributed by atoms with van der Waals surface area (Å²) in [7, 11) is 0. The van der Waals surface area contributed by atoms with Crippen molar-refractivity contribution in [2.24, 2.45) is 0 Å². The van der Waals surface area contributed by atoms with E-state index in [9.17, 15) is 4.79 Å². The molecule has 0 unspecified atom stereocenters. The van der Waals surface area contributed by atoms with Gasteiger partial charge in [0, 0.05) is 18.0 Å². The van der Waals surface area contributed by atoms with E-state index >= 15 is 0 Å². The Kier molecular flexibility index (Phi) is 5.59. The van der Waals surface area contributed by atoms with E-state index in [0.717, 1.165) is 10.5 Å². The number of thioether (sulfide) groups is 1. The summed E-state index contributed by atoms with van der Waals surface area (Å²) in [4.78, 5) is 16.3. The van der Waals surface area contributed by atoms with Gasteiger partial charge < -0.3 is 9.64 Å². The first kappa shape index (κ1) is 17.1. The minimum Gasteiger partial charge on any atom is -0.372 e. The third kappa shape index (κ3) is 4.19. The van der Waals surface area contributed by atoms with Crippen molar-refractivity contribution < 1.29 is 9.53 Å². The zero-order valence-electron chi connectivity index (χ0n) is 14.1. The summed E-state index contributed by atoms with van der Waals surface area (Å²) in [5.74, 6) is 0.164. The molecule has 1 aliphatic rings. The first-order valence-corrected chi connectivity index (χ1v) is 9.22. The van der Waals surface area contributed by atoms with Crippen molar-refractivity contribution in [3.05, 3.63) is 66.2 Å². The van der Waals surface area contributed by atoms with Crippen molar-refractivity contribution in [2.75, 3.05) is 13.1 Å². The summed E-state index contributed by atoms with van der Waals surface area (Å²) < 4.78 is 5.77. The Balaban J connectivity index is 1.85. The highest BCUT2D eigenvalue weighted by atomic mass is 32.2. The number of morpholine rings is 1. The van der Waals surface area contributed by atoms with Crippen LogP contribution in [0, 0.1) is 0 Å². The summed E-state index contributed by atoms with van der Waals surface area (Å²) in [5, 5.41) is -0.230. The monoisotopic (exact) mass is 341 g/mol. The Labute approximate surface area is 148 Å². The van der Waals surface area contributed by atoms with Crippen molar-refractivity contribution in [3.8, 4) is 0 Å². The van der Waals surface area contributed by atoms with E-state index in [-0.39, 0.29) is 23.4 Å². The van der Waals surface area contributed by atoms with Gasteiger partial charge in [0.05, 0.1) is 12.2 Å². The number of ether oxygens (including phenoxy) is 1. The van der Waals surface area contributed by atoms with Crippen LogP contribution in [0.3, 0.4) is 0 Å². The molecule has 2 aromatic rings. The molecule has 0 radical (unpaired) electrons. The van der Waals surface area contributed by atoms with Crippen LogP contribution < -0.4 is 0 Å². The Bertz CT molecular complexity index is 652. The molecular formula is C20H23NO2S. The molecule has 0 spiro atoms. The highest BCUT2D eigenvalue weighted by Crippen LogP contribution is 2.37. The molecule has 3 rings (SSSR count). The van der Waals surface area contributed by atoms with Gasteiger partial charge >= 0.3 is 0 Å². The average Bonchev–Trinajstić information content (AvgIpc) is 2.60. The Hall–Kier alpha value is -1.78.